The van der Waals surface area contributed by atoms with E-state index < -0.39 is 30.8 Å². The van der Waals surface area contributed by atoms with Crippen LogP contribution in [0.4, 0.5) is 13.2 Å². The molecule has 2 aromatic rings. The smallest absolute Gasteiger partial charge is 0.438 e. The molecule has 29 heavy (non-hydrogen) atoms. The molecule has 0 radical (unpaired) electrons. The van der Waals surface area contributed by atoms with Crippen LogP contribution in [0.2, 0.25) is 0 Å². The lowest BCUT2D eigenvalue weighted by Crippen LogP contribution is -2.57. The second-order valence-electron chi connectivity index (χ2n) is 6.87. The molecular weight excluding hydrogens is 453 g/mol. The Bertz CT molecular complexity index is 957. The van der Waals surface area contributed by atoms with E-state index in [-0.39, 0.29) is 10.7 Å². The maximum Gasteiger partial charge on any atom is 0.438 e. The molecule has 0 aliphatic carbocycles. The molecule has 3 rings (SSSR count). The molecule has 0 spiro atoms. The first-order valence-corrected chi connectivity index (χ1v) is 9.45. The Morgan fingerprint density at radius 1 is 1.24 bits per heavy atom. The Morgan fingerprint density at radius 2 is 1.90 bits per heavy atom. The number of amides is 1. The zero-order chi connectivity index (χ0) is 21.4. The maximum atomic E-state index is 13.6. The number of rotatable bonds is 4. The molecule has 5 nitrogen and oxygen atoms in total. The van der Waals surface area contributed by atoms with Crippen molar-refractivity contribution < 1.29 is 27.8 Å². The van der Waals surface area contributed by atoms with Crippen molar-refractivity contribution in [2.45, 2.75) is 32.2 Å². The number of hydrazone groups is 1. The minimum absolute atomic E-state index is 0.0501. The highest BCUT2D eigenvalue weighted by atomic mass is 79.9. The average Bonchev–Trinajstić information content (AvgIpc) is 2.98. The molecule has 0 aromatic heterocycles. The Kier molecular flexibility index (Phi) is 5.73. The highest BCUT2D eigenvalue weighted by Crippen LogP contribution is 2.41. The first-order chi connectivity index (χ1) is 13.5. The fourth-order valence-electron chi connectivity index (χ4n) is 3.08. The van der Waals surface area contributed by atoms with E-state index >= 15 is 0 Å². The molecule has 0 unspecified atom stereocenters. The number of hydrogen-bond acceptors (Lipinski definition) is 4. The number of nitrogens with zero attached hydrogens (tertiary/aromatic N) is 2. The van der Waals surface area contributed by atoms with E-state index in [4.69, 9.17) is 4.74 Å². The van der Waals surface area contributed by atoms with Crippen LogP contribution in [0.25, 0.3) is 0 Å². The topological polar surface area (TPSA) is 62.1 Å². The van der Waals surface area contributed by atoms with Crippen LogP contribution < -0.4 is 4.74 Å². The zero-order valence-corrected chi connectivity index (χ0v) is 17.2. The van der Waals surface area contributed by atoms with Gasteiger partial charge in [-0.3, -0.25) is 4.79 Å². The van der Waals surface area contributed by atoms with E-state index in [0.29, 0.717) is 15.8 Å². The van der Waals surface area contributed by atoms with Gasteiger partial charge in [0.05, 0.1) is 12.1 Å². The Hall–Kier alpha value is -2.39. The lowest BCUT2D eigenvalue weighted by molar-refractivity contribution is -0.302. The van der Waals surface area contributed by atoms with Gasteiger partial charge in [-0.25, -0.2) is 0 Å². The van der Waals surface area contributed by atoms with Gasteiger partial charge >= 0.3 is 6.18 Å². The third kappa shape index (κ3) is 4.45. The van der Waals surface area contributed by atoms with Crippen LogP contribution in [0, 0.1) is 13.8 Å². The molecule has 0 bridgehead atoms. The minimum atomic E-state index is -5.10. The third-order valence-electron chi connectivity index (χ3n) is 4.39. The summed E-state index contributed by atoms with van der Waals surface area (Å²) in [7, 11) is 0. The molecule has 1 amide bonds. The fraction of sp³-hybridized carbons (Fsp3) is 0.300. The summed E-state index contributed by atoms with van der Waals surface area (Å²) in [6.45, 7) is 2.97. The van der Waals surface area contributed by atoms with Crippen molar-refractivity contribution in [2.24, 2.45) is 5.10 Å². The Balaban J connectivity index is 1.87. The number of carbonyl (C=O) groups is 1. The number of benzene rings is 2. The quantitative estimate of drug-likeness (QED) is 0.723. The molecular formula is C20H18BrF3N2O3. The number of aryl methyl sites for hydroxylation is 2. The van der Waals surface area contributed by atoms with Crippen molar-refractivity contribution in [3.8, 4) is 5.75 Å². The summed E-state index contributed by atoms with van der Waals surface area (Å²) in [5.74, 6) is -0.754. The van der Waals surface area contributed by atoms with Gasteiger partial charge < -0.3 is 9.84 Å². The van der Waals surface area contributed by atoms with Crippen molar-refractivity contribution in [3.63, 3.8) is 0 Å². The molecule has 1 heterocycles. The molecule has 1 aliphatic heterocycles. The third-order valence-corrected chi connectivity index (χ3v) is 4.88. The van der Waals surface area contributed by atoms with Crippen LogP contribution in [0.3, 0.4) is 0 Å². The van der Waals surface area contributed by atoms with Gasteiger partial charge in [-0.05, 0) is 54.8 Å². The second kappa shape index (κ2) is 7.79. The van der Waals surface area contributed by atoms with Gasteiger partial charge in [-0.1, -0.05) is 34.1 Å². The Labute approximate surface area is 173 Å². The van der Waals surface area contributed by atoms with Gasteiger partial charge in [0.2, 0.25) is 0 Å². The first-order valence-electron chi connectivity index (χ1n) is 8.66. The standard InChI is InChI=1S/C20H18BrF3N2O3/c1-12-6-13(2)8-16(7-12)29-11-18(27)26-19(28,20(22,23)24)10-17(25-26)14-4-3-5-15(21)9-14/h3-9,28H,10-11H2,1-2H3/t19-/m0/s1. The molecule has 0 saturated carbocycles. The summed E-state index contributed by atoms with van der Waals surface area (Å²) < 4.78 is 46.9. The summed E-state index contributed by atoms with van der Waals surface area (Å²) in [5.41, 5.74) is -1.35. The fourth-order valence-corrected chi connectivity index (χ4v) is 3.48. The summed E-state index contributed by atoms with van der Waals surface area (Å²) in [6, 6.07) is 11.7. The van der Waals surface area contributed by atoms with Gasteiger partial charge in [-0.2, -0.15) is 23.3 Å². The van der Waals surface area contributed by atoms with Crippen molar-refractivity contribution in [1.82, 2.24) is 5.01 Å². The van der Waals surface area contributed by atoms with Gasteiger partial charge in [-0.15, -0.1) is 0 Å². The van der Waals surface area contributed by atoms with Crippen LogP contribution in [0.5, 0.6) is 5.75 Å². The number of aliphatic hydroxyl groups is 1. The molecule has 154 valence electrons. The van der Waals surface area contributed by atoms with Crippen molar-refractivity contribution in [3.05, 3.63) is 63.6 Å². The van der Waals surface area contributed by atoms with E-state index in [2.05, 4.69) is 21.0 Å². The molecule has 9 heteroatoms. The molecule has 1 aliphatic rings. The number of alkyl halides is 3. The van der Waals surface area contributed by atoms with Crippen LogP contribution in [0.1, 0.15) is 23.1 Å². The van der Waals surface area contributed by atoms with Crippen molar-refractivity contribution in [1.29, 1.82) is 0 Å². The monoisotopic (exact) mass is 470 g/mol. The molecule has 2 aromatic carbocycles. The number of ether oxygens (including phenoxy) is 1. The van der Waals surface area contributed by atoms with E-state index in [1.165, 1.54) is 0 Å². The lowest BCUT2D eigenvalue weighted by atomic mass is 10.0. The average molecular weight is 471 g/mol. The zero-order valence-electron chi connectivity index (χ0n) is 15.6. The summed E-state index contributed by atoms with van der Waals surface area (Å²) >= 11 is 3.24. The normalized spacial score (nSPS) is 19.3. The second-order valence-corrected chi connectivity index (χ2v) is 7.78. The minimum Gasteiger partial charge on any atom is -0.484 e. The predicted octanol–water partition coefficient (Wildman–Crippen LogP) is 4.33. The van der Waals surface area contributed by atoms with E-state index in [9.17, 15) is 23.1 Å². The maximum absolute atomic E-state index is 13.6. The highest BCUT2D eigenvalue weighted by molar-refractivity contribution is 9.10. The van der Waals surface area contributed by atoms with Crippen molar-refractivity contribution in [2.75, 3.05) is 6.61 Å². The Morgan fingerprint density at radius 3 is 2.48 bits per heavy atom. The number of hydrogen-bond donors (Lipinski definition) is 1. The molecule has 0 fully saturated rings. The molecule has 1 N–H and O–H groups in total. The summed E-state index contributed by atoms with van der Waals surface area (Å²) in [5, 5.41) is 14.2. The van der Waals surface area contributed by atoms with Crippen molar-refractivity contribution >= 4 is 27.5 Å². The summed E-state index contributed by atoms with van der Waals surface area (Å²) in [4.78, 5) is 12.5. The van der Waals surface area contributed by atoms with Gasteiger partial charge in [0.25, 0.3) is 11.6 Å². The predicted molar refractivity (Wildman–Crippen MR) is 105 cm³/mol. The first kappa shape index (κ1) is 21.3. The van der Waals surface area contributed by atoms with Crippen LogP contribution in [-0.2, 0) is 4.79 Å². The highest BCUT2D eigenvalue weighted by Gasteiger charge is 2.63. The van der Waals surface area contributed by atoms with Gasteiger partial charge in [0.15, 0.2) is 6.61 Å². The SMILES string of the molecule is Cc1cc(C)cc(OCC(=O)N2N=C(c3cccc(Br)c3)C[C@]2(O)C(F)(F)F)c1. The number of halogens is 4. The van der Waals surface area contributed by atoms with E-state index in [1.54, 1.807) is 36.4 Å². The van der Waals surface area contributed by atoms with E-state index in [0.717, 1.165) is 11.1 Å². The van der Waals surface area contributed by atoms with Crippen LogP contribution in [0.15, 0.2) is 52.0 Å². The van der Waals surface area contributed by atoms with Gasteiger partial charge in [0.1, 0.15) is 5.75 Å². The largest absolute Gasteiger partial charge is 0.484 e. The lowest BCUT2D eigenvalue weighted by Gasteiger charge is -2.32. The molecule has 0 saturated heterocycles. The van der Waals surface area contributed by atoms with E-state index in [1.807, 2.05) is 19.9 Å². The number of carbonyl (C=O) groups excluding carboxylic acids is 1. The summed E-state index contributed by atoms with van der Waals surface area (Å²) in [6.07, 6.45) is -5.97. The van der Waals surface area contributed by atoms with Gasteiger partial charge in [0, 0.05) is 4.47 Å². The molecule has 1 atom stereocenters. The van der Waals surface area contributed by atoms with Crippen LogP contribution >= 0.6 is 15.9 Å². The van der Waals surface area contributed by atoms with Crippen LogP contribution in [-0.4, -0.2) is 40.2 Å².